The van der Waals surface area contributed by atoms with Crippen LogP contribution in [-0.4, -0.2) is 73.5 Å². The highest BCUT2D eigenvalue weighted by Gasteiger charge is 2.34. The number of nitrogens with zero attached hydrogens (tertiary/aromatic N) is 3. The first-order valence-electron chi connectivity index (χ1n) is 10.5. The highest BCUT2D eigenvalue weighted by molar-refractivity contribution is 6.00. The van der Waals surface area contributed by atoms with Gasteiger partial charge in [0.15, 0.2) is 0 Å². The molecule has 3 aliphatic heterocycles. The molecule has 0 saturated carbocycles. The molecule has 0 aromatic heterocycles. The fraction of sp³-hybridized carbons (Fsp3) is 0.619. The maximum atomic E-state index is 12.1. The molecule has 1 unspecified atom stereocenters. The zero-order valence-corrected chi connectivity index (χ0v) is 16.5. The fourth-order valence-electron chi connectivity index (χ4n) is 4.72. The van der Waals surface area contributed by atoms with Gasteiger partial charge in [-0.2, -0.15) is 0 Å². The lowest BCUT2D eigenvalue weighted by molar-refractivity contribution is -0.138. The Bertz CT molecular complexity index is 691. The molecular weight excluding hydrogens is 354 g/mol. The predicted octanol–water partition coefficient (Wildman–Crippen LogP) is 0.908. The summed E-state index contributed by atoms with van der Waals surface area (Å²) in [6, 6.07) is 8.04. The lowest BCUT2D eigenvalue weighted by atomic mass is 9.93. The lowest BCUT2D eigenvalue weighted by Gasteiger charge is -2.41. The quantitative estimate of drug-likeness (QED) is 0.592. The Labute approximate surface area is 166 Å². The number of hydrogen-bond acceptors (Lipinski definition) is 6. The number of benzene rings is 1. The van der Waals surface area contributed by atoms with Gasteiger partial charge in [-0.15, -0.1) is 0 Å². The number of carbonyl (C=O) groups is 2. The van der Waals surface area contributed by atoms with Crippen molar-refractivity contribution in [2.45, 2.75) is 31.7 Å². The van der Waals surface area contributed by atoms with Crippen molar-refractivity contribution in [3.8, 4) is 0 Å². The highest BCUT2D eigenvalue weighted by atomic mass is 16.2. The van der Waals surface area contributed by atoms with Gasteiger partial charge in [0.25, 0.3) is 0 Å². The number of anilines is 2. The van der Waals surface area contributed by atoms with Crippen molar-refractivity contribution >= 4 is 23.2 Å². The maximum absolute atomic E-state index is 12.1. The molecule has 1 atom stereocenters. The third-order valence-corrected chi connectivity index (χ3v) is 6.45. The van der Waals surface area contributed by atoms with Crippen LogP contribution in [0.1, 0.15) is 25.7 Å². The summed E-state index contributed by atoms with van der Waals surface area (Å²) in [4.78, 5) is 30.7. The molecule has 3 fully saturated rings. The molecule has 7 heteroatoms. The van der Waals surface area contributed by atoms with Crippen molar-refractivity contribution in [3.63, 3.8) is 0 Å². The van der Waals surface area contributed by atoms with Crippen LogP contribution in [0.5, 0.6) is 0 Å². The number of nitrogen functional groups attached to an aromatic ring is 1. The number of carbonyl (C=O) groups excluding carboxylic acids is 2. The molecule has 3 saturated heterocycles. The Kier molecular flexibility index (Phi) is 5.82. The van der Waals surface area contributed by atoms with Crippen LogP contribution in [0.15, 0.2) is 24.3 Å². The summed E-state index contributed by atoms with van der Waals surface area (Å²) in [7, 11) is 0. The number of imide groups is 1. The van der Waals surface area contributed by atoms with Gasteiger partial charge in [-0.3, -0.25) is 24.7 Å². The minimum Gasteiger partial charge on any atom is -0.399 e. The first kappa shape index (κ1) is 19.2. The molecule has 3 heterocycles. The van der Waals surface area contributed by atoms with Crippen LogP contribution in [0.4, 0.5) is 11.4 Å². The zero-order chi connectivity index (χ0) is 19.5. The summed E-state index contributed by atoms with van der Waals surface area (Å²) >= 11 is 0. The standard InChI is InChI=1S/C21H31N5O2/c22-17-1-3-18(4-2-17)25-13-11-24(12-14-25)15-16-7-9-26(10-8-16)19-5-6-20(27)23-21(19)28/h1-4,16,19H,5-15,22H2,(H,23,27,28). The fourth-order valence-corrected chi connectivity index (χ4v) is 4.72. The molecule has 3 aliphatic rings. The monoisotopic (exact) mass is 385 g/mol. The van der Waals surface area contributed by atoms with Gasteiger partial charge in [0.1, 0.15) is 0 Å². The van der Waals surface area contributed by atoms with E-state index >= 15 is 0 Å². The summed E-state index contributed by atoms with van der Waals surface area (Å²) in [5.74, 6) is 0.468. The van der Waals surface area contributed by atoms with Crippen molar-refractivity contribution in [2.75, 3.05) is 56.4 Å². The minimum absolute atomic E-state index is 0.103. The van der Waals surface area contributed by atoms with E-state index in [9.17, 15) is 9.59 Å². The molecule has 152 valence electrons. The third kappa shape index (κ3) is 4.47. The molecule has 1 aromatic rings. The van der Waals surface area contributed by atoms with Crippen LogP contribution in [0, 0.1) is 5.92 Å². The van der Waals surface area contributed by atoms with Crippen LogP contribution in [-0.2, 0) is 9.59 Å². The second-order valence-corrected chi connectivity index (χ2v) is 8.33. The summed E-state index contributed by atoms with van der Waals surface area (Å²) in [6.45, 7) is 7.37. The van der Waals surface area contributed by atoms with Crippen LogP contribution in [0.2, 0.25) is 0 Å². The molecule has 3 N–H and O–H groups in total. The number of piperazine rings is 1. The van der Waals surface area contributed by atoms with E-state index in [1.807, 2.05) is 12.1 Å². The number of nitrogens with two attached hydrogens (primary N) is 1. The third-order valence-electron chi connectivity index (χ3n) is 6.45. The smallest absolute Gasteiger partial charge is 0.243 e. The summed E-state index contributed by atoms with van der Waals surface area (Å²) in [5, 5.41) is 2.48. The van der Waals surface area contributed by atoms with E-state index in [0.29, 0.717) is 18.8 Å². The molecule has 1 aromatic carbocycles. The highest BCUT2D eigenvalue weighted by Crippen LogP contribution is 2.24. The molecule has 0 spiro atoms. The van der Waals surface area contributed by atoms with Gasteiger partial charge in [0.2, 0.25) is 11.8 Å². The van der Waals surface area contributed by atoms with Gasteiger partial charge >= 0.3 is 0 Å². The van der Waals surface area contributed by atoms with E-state index in [4.69, 9.17) is 5.73 Å². The Balaban J connectivity index is 1.20. The average Bonchev–Trinajstić information content (AvgIpc) is 2.70. The first-order valence-corrected chi connectivity index (χ1v) is 10.5. The number of rotatable bonds is 4. The number of hydrogen-bond donors (Lipinski definition) is 2. The van der Waals surface area contributed by atoms with Gasteiger partial charge in [-0.1, -0.05) is 0 Å². The summed E-state index contributed by atoms with van der Waals surface area (Å²) in [5.41, 5.74) is 7.85. The largest absolute Gasteiger partial charge is 0.399 e. The van der Waals surface area contributed by atoms with Gasteiger partial charge in [-0.05, 0) is 62.5 Å². The van der Waals surface area contributed by atoms with Crippen LogP contribution < -0.4 is 16.0 Å². The second-order valence-electron chi connectivity index (χ2n) is 8.33. The molecule has 0 radical (unpaired) electrons. The van der Waals surface area contributed by atoms with E-state index in [2.05, 4.69) is 32.1 Å². The zero-order valence-electron chi connectivity index (χ0n) is 16.5. The Morgan fingerprint density at radius 3 is 2.25 bits per heavy atom. The molecule has 7 nitrogen and oxygen atoms in total. The van der Waals surface area contributed by atoms with Crippen molar-refractivity contribution in [1.82, 2.24) is 15.1 Å². The maximum Gasteiger partial charge on any atom is 0.243 e. The molecule has 4 rings (SSSR count). The summed E-state index contributed by atoms with van der Waals surface area (Å²) < 4.78 is 0. The van der Waals surface area contributed by atoms with E-state index in [1.54, 1.807) is 0 Å². The van der Waals surface area contributed by atoms with Gasteiger partial charge in [-0.25, -0.2) is 0 Å². The topological polar surface area (TPSA) is 81.9 Å². The Morgan fingerprint density at radius 2 is 1.61 bits per heavy atom. The number of likely N-dealkylation sites (tertiary alicyclic amines) is 1. The average molecular weight is 386 g/mol. The molecular formula is C21H31N5O2. The van der Waals surface area contributed by atoms with E-state index in [-0.39, 0.29) is 17.9 Å². The van der Waals surface area contributed by atoms with Crippen molar-refractivity contribution < 1.29 is 9.59 Å². The molecule has 28 heavy (non-hydrogen) atoms. The number of amides is 2. The van der Waals surface area contributed by atoms with Gasteiger partial charge in [0.05, 0.1) is 6.04 Å². The minimum atomic E-state index is -0.130. The van der Waals surface area contributed by atoms with Gasteiger partial charge < -0.3 is 10.6 Å². The van der Waals surface area contributed by atoms with Crippen LogP contribution >= 0.6 is 0 Å². The van der Waals surface area contributed by atoms with Crippen LogP contribution in [0.25, 0.3) is 0 Å². The van der Waals surface area contributed by atoms with Crippen molar-refractivity contribution in [1.29, 1.82) is 0 Å². The first-order chi connectivity index (χ1) is 13.6. The predicted molar refractivity (Wildman–Crippen MR) is 110 cm³/mol. The summed E-state index contributed by atoms with van der Waals surface area (Å²) in [6.07, 6.45) is 3.41. The normalized spacial score (nSPS) is 25.7. The molecule has 2 amide bonds. The number of nitrogens with one attached hydrogen (secondary N) is 1. The van der Waals surface area contributed by atoms with Crippen LogP contribution in [0.3, 0.4) is 0 Å². The molecule has 0 bridgehead atoms. The van der Waals surface area contributed by atoms with E-state index in [0.717, 1.165) is 64.3 Å². The SMILES string of the molecule is Nc1ccc(N2CCN(CC3CCN(C4CCC(=O)NC4=O)CC3)CC2)cc1. The van der Waals surface area contributed by atoms with Crippen molar-refractivity contribution in [3.05, 3.63) is 24.3 Å². The molecule has 0 aliphatic carbocycles. The Morgan fingerprint density at radius 1 is 0.929 bits per heavy atom. The lowest BCUT2D eigenvalue weighted by Crippen LogP contribution is -2.55. The van der Waals surface area contributed by atoms with Gasteiger partial charge in [0, 0.05) is 50.5 Å². The van der Waals surface area contributed by atoms with Crippen molar-refractivity contribution in [2.24, 2.45) is 5.92 Å². The Hall–Kier alpha value is -2.12. The number of piperidine rings is 2. The second kappa shape index (κ2) is 8.49. The van der Waals surface area contributed by atoms with E-state index in [1.165, 1.54) is 5.69 Å². The van der Waals surface area contributed by atoms with E-state index < -0.39 is 0 Å².